The normalized spacial score (nSPS) is 40.7. The molecule has 52 heavy (non-hydrogen) atoms. The van der Waals surface area contributed by atoms with Crippen LogP contribution in [0.5, 0.6) is 0 Å². The molecule has 3 aliphatic rings. The molecule has 19 atom stereocenters. The van der Waals surface area contributed by atoms with E-state index < -0.39 is 136 Å². The predicted octanol–water partition coefficient (Wildman–Crippen LogP) is -6.40. The van der Waals surface area contributed by atoms with E-state index in [2.05, 4.69) is 15.6 Å². The second kappa shape index (κ2) is 18.9. The molecule has 0 unspecified atom stereocenters. The van der Waals surface area contributed by atoms with Crippen LogP contribution in [-0.2, 0) is 33.2 Å². The first-order valence-electron chi connectivity index (χ1n) is 16.8. The number of aliphatic hydroxyl groups is 11. The van der Waals surface area contributed by atoms with Gasteiger partial charge in [0.1, 0.15) is 85.2 Å². The van der Waals surface area contributed by atoms with E-state index >= 15 is 0 Å². The monoisotopic (exact) mass is 753 g/mol. The molecule has 13 N–H and O–H groups in total. The summed E-state index contributed by atoms with van der Waals surface area (Å²) in [4.78, 5) is 16.7. The topological polar surface area (TPSA) is 332 Å². The van der Waals surface area contributed by atoms with E-state index in [-0.39, 0.29) is 6.54 Å². The molecule has 21 nitrogen and oxygen atoms in total. The number of rotatable bonds is 15. The zero-order chi connectivity index (χ0) is 38.4. The molecule has 3 saturated heterocycles. The predicted molar refractivity (Wildman–Crippen MR) is 171 cm³/mol. The average molecular weight is 754 g/mol. The van der Waals surface area contributed by atoms with Crippen LogP contribution < -0.4 is 10.6 Å². The average Bonchev–Trinajstić information content (AvgIpc) is 3.13. The van der Waals surface area contributed by atoms with Crippen molar-refractivity contribution in [3.05, 3.63) is 24.4 Å². The number of carbonyl (C=O) groups excluding carboxylic acids is 1. The van der Waals surface area contributed by atoms with Crippen molar-refractivity contribution in [1.82, 2.24) is 10.3 Å². The number of aliphatic hydroxyl groups excluding tert-OH is 11. The minimum absolute atomic E-state index is 0.227. The summed E-state index contributed by atoms with van der Waals surface area (Å²) in [5, 5.41) is 122. The molecule has 0 spiro atoms. The standard InChI is InChI=1S/C31H51N3O18/c1-11-18(39)21(42)24(45)29(47-11)50-26(14(34-13(3)37)8-33-17-6-4-5-7-32-17)27(15(38)9-35)51-31-28(23(44)20(41)16(10-36)49-31)52-30-25(46)22(43)19(40)12(2)48-30/h4-7,11-12,14-16,18-31,35-36,38-46H,8-10H2,1-3H3,(H,32,33)(H,34,37)/t11-,12-,14-,15+,16+,18+,19+,20-,21+,22+,23-,24-,25-,26+,27+,28+,29-,30-,31-/m0/s1. The van der Waals surface area contributed by atoms with Gasteiger partial charge in [-0.25, -0.2) is 4.98 Å². The molecule has 4 rings (SSSR count). The number of ether oxygens (including phenoxy) is 6. The van der Waals surface area contributed by atoms with Crippen LogP contribution >= 0.6 is 0 Å². The van der Waals surface area contributed by atoms with Crippen LogP contribution in [0.4, 0.5) is 5.82 Å². The van der Waals surface area contributed by atoms with E-state index in [0.29, 0.717) is 5.82 Å². The van der Waals surface area contributed by atoms with Crippen molar-refractivity contribution in [3.8, 4) is 0 Å². The van der Waals surface area contributed by atoms with Gasteiger partial charge in [0.25, 0.3) is 0 Å². The van der Waals surface area contributed by atoms with Gasteiger partial charge in [0.2, 0.25) is 5.91 Å². The van der Waals surface area contributed by atoms with Crippen molar-refractivity contribution in [2.24, 2.45) is 0 Å². The number of hydrogen-bond acceptors (Lipinski definition) is 20. The lowest BCUT2D eigenvalue weighted by Crippen LogP contribution is -2.66. The van der Waals surface area contributed by atoms with Crippen molar-refractivity contribution in [2.45, 2.75) is 137 Å². The lowest BCUT2D eigenvalue weighted by Gasteiger charge is -2.48. The highest BCUT2D eigenvalue weighted by Gasteiger charge is 2.53. The summed E-state index contributed by atoms with van der Waals surface area (Å²) >= 11 is 0. The van der Waals surface area contributed by atoms with Crippen LogP contribution in [0.15, 0.2) is 24.4 Å². The van der Waals surface area contributed by atoms with Crippen molar-refractivity contribution < 1.29 is 89.4 Å². The third kappa shape index (κ3) is 9.88. The minimum Gasteiger partial charge on any atom is -0.394 e. The first-order chi connectivity index (χ1) is 24.6. The molecule has 0 aliphatic carbocycles. The van der Waals surface area contributed by atoms with E-state index in [4.69, 9.17) is 28.4 Å². The third-order valence-electron chi connectivity index (χ3n) is 9.16. The molecule has 3 aliphatic heterocycles. The fraction of sp³-hybridized carbons (Fsp3) is 0.806. The Bertz CT molecular complexity index is 1240. The van der Waals surface area contributed by atoms with E-state index in [0.717, 1.165) is 6.92 Å². The van der Waals surface area contributed by atoms with Gasteiger partial charge in [-0.2, -0.15) is 0 Å². The molecule has 1 aromatic rings. The zero-order valence-electron chi connectivity index (χ0n) is 28.6. The third-order valence-corrected chi connectivity index (χ3v) is 9.16. The van der Waals surface area contributed by atoms with Gasteiger partial charge in [0.15, 0.2) is 18.9 Å². The molecule has 1 aromatic heterocycles. The van der Waals surface area contributed by atoms with Crippen molar-refractivity contribution in [2.75, 3.05) is 25.1 Å². The Morgan fingerprint density at radius 1 is 0.788 bits per heavy atom. The molecule has 4 heterocycles. The molecule has 0 aromatic carbocycles. The quantitative estimate of drug-likeness (QED) is 0.0792. The summed E-state index contributed by atoms with van der Waals surface area (Å²) < 4.78 is 34.9. The first-order valence-corrected chi connectivity index (χ1v) is 16.8. The molecule has 3 fully saturated rings. The Balaban J connectivity index is 1.74. The number of nitrogens with one attached hydrogen (secondary N) is 2. The van der Waals surface area contributed by atoms with Crippen molar-refractivity contribution >= 4 is 11.7 Å². The Morgan fingerprint density at radius 2 is 1.38 bits per heavy atom. The van der Waals surface area contributed by atoms with Gasteiger partial charge >= 0.3 is 0 Å². The van der Waals surface area contributed by atoms with Gasteiger partial charge in [0.05, 0.1) is 31.5 Å². The molecule has 0 saturated carbocycles. The van der Waals surface area contributed by atoms with E-state index in [1.807, 2.05) is 0 Å². The second-order valence-electron chi connectivity index (χ2n) is 13.0. The number of nitrogens with zero attached hydrogens (tertiary/aromatic N) is 1. The summed E-state index contributed by atoms with van der Waals surface area (Å²) in [5.74, 6) is -0.294. The highest BCUT2D eigenvalue weighted by molar-refractivity contribution is 5.73. The second-order valence-corrected chi connectivity index (χ2v) is 13.0. The molecule has 298 valence electrons. The van der Waals surface area contributed by atoms with E-state index in [1.165, 1.54) is 20.0 Å². The number of carbonyl (C=O) groups is 1. The Morgan fingerprint density at radius 3 is 1.94 bits per heavy atom. The lowest BCUT2D eigenvalue weighted by atomic mass is 9.96. The molecule has 0 radical (unpaired) electrons. The molecule has 0 bridgehead atoms. The van der Waals surface area contributed by atoms with Crippen LogP contribution in [-0.4, -0.2) is 203 Å². The summed E-state index contributed by atoms with van der Waals surface area (Å²) in [7, 11) is 0. The molecule has 1 amide bonds. The van der Waals surface area contributed by atoms with Crippen molar-refractivity contribution in [3.63, 3.8) is 0 Å². The van der Waals surface area contributed by atoms with Gasteiger partial charge in [-0.3, -0.25) is 4.79 Å². The number of aromatic nitrogens is 1. The molecule has 21 heteroatoms. The number of pyridine rings is 1. The number of anilines is 1. The molecular weight excluding hydrogens is 702 g/mol. The van der Waals surface area contributed by atoms with Crippen LogP contribution in [0.3, 0.4) is 0 Å². The van der Waals surface area contributed by atoms with E-state index in [1.54, 1.807) is 18.2 Å². The first kappa shape index (κ1) is 42.5. The maximum Gasteiger partial charge on any atom is 0.217 e. The Kier molecular flexibility index (Phi) is 15.4. The largest absolute Gasteiger partial charge is 0.394 e. The van der Waals surface area contributed by atoms with Crippen molar-refractivity contribution in [1.29, 1.82) is 0 Å². The van der Waals surface area contributed by atoms with Gasteiger partial charge in [-0.15, -0.1) is 0 Å². The summed E-state index contributed by atoms with van der Waals surface area (Å²) in [6.45, 7) is 1.78. The number of amides is 1. The van der Waals surface area contributed by atoms with Crippen LogP contribution in [0.2, 0.25) is 0 Å². The van der Waals surface area contributed by atoms with Gasteiger partial charge in [-0.1, -0.05) is 6.07 Å². The zero-order valence-corrected chi connectivity index (χ0v) is 28.6. The Labute approximate surface area is 298 Å². The maximum atomic E-state index is 12.5. The van der Waals surface area contributed by atoms with Crippen LogP contribution in [0.1, 0.15) is 20.8 Å². The highest BCUT2D eigenvalue weighted by Crippen LogP contribution is 2.33. The van der Waals surface area contributed by atoms with Gasteiger partial charge in [-0.05, 0) is 26.0 Å². The lowest BCUT2D eigenvalue weighted by molar-refractivity contribution is -0.380. The molecular formula is C31H51N3O18. The summed E-state index contributed by atoms with van der Waals surface area (Å²) in [6.07, 6.45) is -29.2. The fourth-order valence-corrected chi connectivity index (χ4v) is 6.11. The van der Waals surface area contributed by atoms with E-state index in [9.17, 15) is 61.0 Å². The smallest absolute Gasteiger partial charge is 0.217 e. The summed E-state index contributed by atoms with van der Waals surface area (Å²) in [6, 6.07) is 3.65. The SMILES string of the molecule is CC(=O)N[C@@H](CNc1ccccn1)[C@@H](O[C@@H]1O[C@@H](C)[C@@H](O)[C@@H](O)[C@@H]1O)[C@H](O[C@@H]1O[C@H](CO)[C@H](O)[C@H](O)[C@H]1O[C@@H]1O[C@@H](C)[C@@H](O)[C@@H](O)[C@@H]1O)[C@H](O)CO. The van der Waals surface area contributed by atoms with Gasteiger partial charge < -0.3 is 95.2 Å². The van der Waals surface area contributed by atoms with Crippen LogP contribution in [0.25, 0.3) is 0 Å². The minimum atomic E-state index is -1.96. The maximum absolute atomic E-state index is 12.5. The summed E-state index contributed by atoms with van der Waals surface area (Å²) in [5.41, 5.74) is 0. The fourth-order valence-electron chi connectivity index (χ4n) is 6.11. The van der Waals surface area contributed by atoms with Crippen LogP contribution in [0, 0.1) is 0 Å². The van der Waals surface area contributed by atoms with Gasteiger partial charge in [0, 0.05) is 19.7 Å². The highest BCUT2D eigenvalue weighted by atomic mass is 16.8. The number of hydrogen-bond donors (Lipinski definition) is 13. The Hall–Kier alpha value is -2.26.